The minimum absolute atomic E-state index is 0.0167. The Morgan fingerprint density at radius 2 is 1.03 bits per heavy atom. The van der Waals surface area contributed by atoms with Gasteiger partial charge in [-0.2, -0.15) is 25.3 Å². The van der Waals surface area contributed by atoms with Gasteiger partial charge in [-0.3, -0.25) is 48.5 Å². The van der Waals surface area contributed by atoms with Gasteiger partial charge >= 0.3 is 0 Å². The molecule has 416 valence electrons. The molecule has 0 aromatic heterocycles. The molecule has 4 aromatic rings. The lowest BCUT2D eigenvalue weighted by molar-refractivity contribution is -0.384. The Labute approximate surface area is 456 Å². The number of nitrogens with two attached hydrogens (primary N) is 3. The molecule has 0 aliphatic heterocycles. The summed E-state index contributed by atoms with van der Waals surface area (Å²) in [6.45, 7) is 4.67. The average Bonchev–Trinajstić information content (AvgIpc) is 3.39. The van der Waals surface area contributed by atoms with Crippen LogP contribution < -0.4 is 54.4 Å². The molecule has 0 saturated heterocycles. The number of primary amides is 1. The summed E-state index contributed by atoms with van der Waals surface area (Å²) in [6, 6.07) is 13.3. The van der Waals surface area contributed by atoms with Gasteiger partial charge in [-0.1, -0.05) is 80.6 Å². The summed E-state index contributed by atoms with van der Waals surface area (Å²) >= 11 is 8.46. The Morgan fingerprint density at radius 3 is 1.53 bits per heavy atom. The number of aliphatic hydroxyl groups is 1. The van der Waals surface area contributed by atoms with Gasteiger partial charge in [0.1, 0.15) is 48.0 Å². The van der Waals surface area contributed by atoms with Gasteiger partial charge in [0, 0.05) is 36.5 Å². The Hall–Kier alpha value is -7.32. The maximum absolute atomic E-state index is 14.6. The summed E-state index contributed by atoms with van der Waals surface area (Å²) in [5.74, 6) is -8.13. The predicted octanol–water partition coefficient (Wildman–Crippen LogP) is -0.287. The van der Waals surface area contributed by atoms with Crippen LogP contribution in [-0.2, 0) is 57.6 Å². The molecule has 0 saturated carbocycles. The van der Waals surface area contributed by atoms with Crippen molar-refractivity contribution in [2.24, 2.45) is 23.1 Å². The number of carbonyl (C=O) groups is 8. The van der Waals surface area contributed by atoms with Crippen LogP contribution in [0.1, 0.15) is 56.7 Å². The molecule has 4 aromatic carbocycles. The number of fused-ring (bicyclic) bond motifs is 1. The lowest BCUT2D eigenvalue weighted by Crippen LogP contribution is -2.62. The summed E-state index contributed by atoms with van der Waals surface area (Å²) in [7, 11) is 0. The van der Waals surface area contributed by atoms with Gasteiger partial charge in [0.05, 0.1) is 17.1 Å². The van der Waals surface area contributed by atoms with Crippen LogP contribution in [0.4, 0.5) is 5.69 Å². The fourth-order valence-electron chi connectivity index (χ4n) is 7.97. The highest BCUT2D eigenvalue weighted by molar-refractivity contribution is 7.80. The number of hydrogen-bond donors (Lipinski definition) is 14. The second-order valence-corrected chi connectivity index (χ2v) is 19.5. The van der Waals surface area contributed by atoms with E-state index in [1.54, 1.807) is 13.8 Å². The van der Waals surface area contributed by atoms with E-state index >= 15 is 0 Å². The van der Waals surface area contributed by atoms with E-state index < -0.39 is 113 Å². The van der Waals surface area contributed by atoms with Crippen LogP contribution in [0.25, 0.3) is 10.8 Å². The first-order valence-electron chi connectivity index (χ1n) is 24.8. The van der Waals surface area contributed by atoms with Gasteiger partial charge < -0.3 is 64.6 Å². The number of non-ortho nitro benzene ring substituents is 1. The number of phenols is 1. The first-order chi connectivity index (χ1) is 36.5. The molecule has 0 fully saturated rings. The highest BCUT2D eigenvalue weighted by Gasteiger charge is 2.35. The second kappa shape index (κ2) is 30.4. The van der Waals surface area contributed by atoms with Crippen LogP contribution in [-0.4, -0.2) is 135 Å². The van der Waals surface area contributed by atoms with Gasteiger partial charge in [0.2, 0.25) is 47.3 Å². The van der Waals surface area contributed by atoms with Crippen LogP contribution in [0.15, 0.2) is 91.0 Å². The van der Waals surface area contributed by atoms with E-state index in [1.807, 2.05) is 42.5 Å². The topological polar surface area (TPSA) is 382 Å². The number of nitro groups is 1. The summed E-state index contributed by atoms with van der Waals surface area (Å²) < 4.78 is 0. The lowest BCUT2D eigenvalue weighted by Gasteiger charge is -2.29. The quantitative estimate of drug-likeness (QED) is 0.0138. The van der Waals surface area contributed by atoms with Gasteiger partial charge in [0.15, 0.2) is 0 Å². The van der Waals surface area contributed by atoms with E-state index in [0.29, 0.717) is 24.0 Å². The zero-order valence-electron chi connectivity index (χ0n) is 42.8. The van der Waals surface area contributed by atoms with E-state index in [-0.39, 0.29) is 55.2 Å². The maximum atomic E-state index is 14.6. The van der Waals surface area contributed by atoms with Gasteiger partial charge in [-0.05, 0) is 84.7 Å². The van der Waals surface area contributed by atoms with Gasteiger partial charge in [-0.15, -0.1) is 0 Å². The van der Waals surface area contributed by atoms with Crippen LogP contribution in [0, 0.1) is 16.0 Å². The van der Waals surface area contributed by atoms with Crippen molar-refractivity contribution < 1.29 is 53.5 Å². The molecule has 0 unspecified atom stereocenters. The summed E-state index contributed by atoms with van der Waals surface area (Å²) in [5.41, 5.74) is 18.7. The van der Waals surface area contributed by atoms with E-state index in [9.17, 15) is 58.7 Å². The number of aromatic hydroxyl groups is 1. The van der Waals surface area contributed by atoms with Crippen molar-refractivity contribution in [3.8, 4) is 5.75 Å². The third-order valence-corrected chi connectivity index (χ3v) is 13.1. The molecule has 0 aliphatic rings. The van der Waals surface area contributed by atoms with Crippen LogP contribution in [0.3, 0.4) is 0 Å². The number of hydrogen-bond acceptors (Lipinski definition) is 16. The number of nitro benzene ring substituents is 1. The normalized spacial score (nSPS) is 14.7. The minimum atomic E-state index is -1.54. The maximum Gasteiger partial charge on any atom is 0.269 e. The summed E-state index contributed by atoms with van der Waals surface area (Å²) in [6.07, 6.45) is -1.04. The molecule has 4 rings (SSSR count). The largest absolute Gasteiger partial charge is 0.508 e. The molecule has 0 aliphatic carbocycles. The molecule has 0 spiro atoms. The van der Waals surface area contributed by atoms with Crippen molar-refractivity contribution in [2.75, 3.05) is 18.1 Å². The average molecular weight is 1100 g/mol. The van der Waals surface area contributed by atoms with Crippen LogP contribution in [0.5, 0.6) is 5.75 Å². The van der Waals surface area contributed by atoms with E-state index in [2.05, 4.69) is 62.5 Å². The Bertz CT molecular complexity index is 2700. The van der Waals surface area contributed by atoms with Crippen molar-refractivity contribution in [2.45, 2.75) is 114 Å². The number of amides is 8. The molecule has 9 atom stereocenters. The first kappa shape index (κ1) is 62.2. The number of thiol groups is 2. The second-order valence-electron chi connectivity index (χ2n) is 18.8. The highest BCUT2D eigenvalue weighted by atomic mass is 32.1. The van der Waals surface area contributed by atoms with Gasteiger partial charge in [0.25, 0.3) is 5.69 Å². The van der Waals surface area contributed by atoms with Crippen molar-refractivity contribution in [3.05, 3.63) is 118 Å². The van der Waals surface area contributed by atoms with Crippen LogP contribution in [0.2, 0.25) is 0 Å². The Morgan fingerprint density at radius 1 is 0.571 bits per heavy atom. The number of aliphatic hydroxyl groups excluding tert-OH is 1. The van der Waals surface area contributed by atoms with E-state index in [1.165, 1.54) is 55.5 Å². The molecule has 0 bridgehead atoms. The minimum Gasteiger partial charge on any atom is -0.508 e. The van der Waals surface area contributed by atoms with E-state index in [0.717, 1.165) is 16.3 Å². The SMILES string of the molecule is CC(C)[C@H](NC(=O)[C@H](CCCCN)NC(=O)[C@@H](Cc1ccc([N+](=O)[O-])cc1)NC(=O)[C@H](Cc1ccc(O)cc1)NC(=O)[C@H](CS)NC(=O)[C@@H](N)Cc1ccc2ccccc2c1)C(=O)N[C@@H](CS)C(=O)N[C@H](C(N)=O)[C@@H](C)O. The van der Waals surface area contributed by atoms with Crippen LogP contribution >= 0.6 is 25.3 Å². The fourth-order valence-corrected chi connectivity index (χ4v) is 8.48. The lowest BCUT2D eigenvalue weighted by atomic mass is 10.00. The molecule has 0 heterocycles. The molecule has 23 nitrogen and oxygen atoms in total. The number of rotatable bonds is 30. The molecular weight excluding hydrogens is 1030 g/mol. The summed E-state index contributed by atoms with van der Waals surface area (Å²) in [5, 5.41) is 51.4. The van der Waals surface area contributed by atoms with Crippen molar-refractivity contribution in [3.63, 3.8) is 0 Å². The Balaban J connectivity index is 1.61. The first-order valence-corrected chi connectivity index (χ1v) is 26.1. The number of unbranched alkanes of at least 4 members (excludes halogenated alkanes) is 1. The van der Waals surface area contributed by atoms with E-state index in [4.69, 9.17) is 17.2 Å². The molecular formula is C52H69N11O12S2. The third kappa shape index (κ3) is 19.3. The van der Waals surface area contributed by atoms with Crippen molar-refractivity contribution in [1.29, 1.82) is 0 Å². The molecule has 15 N–H and O–H groups in total. The molecule has 8 amide bonds. The fraction of sp³-hybridized carbons (Fsp3) is 0.423. The standard InChI is InChI=1S/C52H69N11O12S2/c1-28(2)43(52(73)60-42(27-77)51(72)62-44(29(3)64)45(55)66)61-47(68)38(10-6-7-21-53)56-48(69)39(24-30-12-17-35(18-13-30)63(74)75)57-49(70)40(25-31-14-19-36(65)20-15-31)58-50(71)41(26-76)59-46(67)37(54)23-32-11-16-33-8-4-5-9-34(33)22-32/h4-5,8-9,11-20,22,28-29,37-44,64-65,76-77H,6-7,10,21,23-27,53-54H2,1-3H3,(H2,55,66)(H,56,69)(H,57,70)(H,58,71)(H,59,67)(H,60,73)(H,61,68)(H,62,72)/t29-,37+,38+,39-,40+,41+,42+,43+,44+/m1/s1. The number of carbonyl (C=O) groups excluding carboxylic acids is 8. The zero-order chi connectivity index (χ0) is 56.9. The predicted molar refractivity (Wildman–Crippen MR) is 294 cm³/mol. The van der Waals surface area contributed by atoms with Gasteiger partial charge in [-0.25, -0.2) is 0 Å². The molecule has 25 heteroatoms. The molecule has 0 radical (unpaired) electrons. The number of phenolic OH excluding ortho intramolecular Hbond substituents is 1. The smallest absolute Gasteiger partial charge is 0.269 e. The monoisotopic (exact) mass is 1100 g/mol. The van der Waals surface area contributed by atoms with Crippen molar-refractivity contribution in [1.82, 2.24) is 37.2 Å². The number of nitrogens with zero attached hydrogens (tertiary/aromatic N) is 1. The highest BCUT2D eigenvalue weighted by Crippen LogP contribution is 2.18. The third-order valence-electron chi connectivity index (χ3n) is 12.4. The number of nitrogens with one attached hydrogen (secondary N) is 7. The Kier molecular flexibility index (Phi) is 24.6. The molecule has 77 heavy (non-hydrogen) atoms. The zero-order valence-corrected chi connectivity index (χ0v) is 44.6. The summed E-state index contributed by atoms with van der Waals surface area (Å²) in [4.78, 5) is 120. The van der Waals surface area contributed by atoms with Crippen molar-refractivity contribution >= 4 is 89.0 Å². The number of benzene rings is 4.